The smallest absolute Gasteiger partial charge is 0.0544 e. The first kappa shape index (κ1) is 58.7. The Balaban J connectivity index is 0.782. The van der Waals surface area contributed by atoms with Gasteiger partial charge in [-0.2, -0.15) is 0 Å². The van der Waals surface area contributed by atoms with Crippen molar-refractivity contribution in [2.24, 2.45) is 0 Å². The summed E-state index contributed by atoms with van der Waals surface area (Å²) in [5.74, 6) is 0. The highest BCUT2D eigenvalue weighted by Gasteiger charge is 2.47. The van der Waals surface area contributed by atoms with E-state index in [9.17, 15) is 0 Å². The van der Waals surface area contributed by atoms with Gasteiger partial charge in [0.05, 0.1) is 17.1 Å². The second-order valence-electron chi connectivity index (χ2n) is 32.2. The highest BCUT2D eigenvalue weighted by Crippen LogP contribution is 2.62. The molecule has 94 heavy (non-hydrogen) atoms. The summed E-state index contributed by atoms with van der Waals surface area (Å²) in [7, 11) is 0. The van der Waals surface area contributed by atoms with Crippen LogP contribution in [0.3, 0.4) is 0 Å². The summed E-state index contributed by atoms with van der Waals surface area (Å²) in [5.41, 5.74) is 34.0. The van der Waals surface area contributed by atoms with E-state index in [0.717, 1.165) is 43.2 Å². The van der Waals surface area contributed by atoms with Gasteiger partial charge >= 0.3 is 0 Å². The molecule has 4 nitrogen and oxygen atoms in total. The molecule has 0 aromatic heterocycles. The van der Waals surface area contributed by atoms with Gasteiger partial charge in [-0.05, 0) is 261 Å². The van der Waals surface area contributed by atoms with Gasteiger partial charge in [0.1, 0.15) is 0 Å². The fourth-order valence-electron chi connectivity index (χ4n) is 17.6. The lowest BCUT2D eigenvalue weighted by Crippen LogP contribution is -2.44. The fraction of sp³-hybridized carbons (Fsp3) is 0.289. The van der Waals surface area contributed by atoms with Crippen molar-refractivity contribution in [2.45, 2.75) is 141 Å². The Morgan fingerprint density at radius 1 is 0.255 bits per heavy atom. The number of hydrogen-bond donors (Lipinski definition) is 0. The van der Waals surface area contributed by atoms with Crippen LogP contribution >= 0.6 is 0 Å². The predicted molar refractivity (Wildman–Crippen MR) is 400 cm³/mol. The quantitative estimate of drug-likeness (QED) is 0.150. The highest BCUT2D eigenvalue weighted by atomic mass is 15.2. The van der Waals surface area contributed by atoms with Gasteiger partial charge in [-0.3, -0.25) is 0 Å². The number of anilines is 8. The van der Waals surface area contributed by atoms with E-state index < -0.39 is 0 Å². The van der Waals surface area contributed by atoms with Gasteiger partial charge in [0.2, 0.25) is 0 Å². The Labute approximate surface area is 558 Å². The maximum atomic E-state index is 2.68. The van der Waals surface area contributed by atoms with Crippen molar-refractivity contribution in [3.05, 3.63) is 263 Å². The van der Waals surface area contributed by atoms with E-state index in [2.05, 4.69) is 321 Å². The van der Waals surface area contributed by atoms with Crippen LogP contribution in [0.5, 0.6) is 0 Å². The maximum absolute atomic E-state index is 2.68. The molecule has 4 heteroatoms. The molecule has 0 amide bonds. The lowest BCUT2D eigenvalue weighted by molar-refractivity contribution is 0.401. The van der Waals surface area contributed by atoms with E-state index in [-0.39, 0.29) is 32.5 Å². The Bertz CT molecular complexity index is 4560. The zero-order chi connectivity index (χ0) is 64.6. The molecule has 0 spiro atoms. The summed E-state index contributed by atoms with van der Waals surface area (Å²) in [5, 5.41) is 2.43. The molecule has 11 aromatic carbocycles. The zero-order valence-corrected chi connectivity index (χ0v) is 57.2. The minimum atomic E-state index is -0.307. The van der Waals surface area contributed by atoms with Crippen LogP contribution in [0, 0.1) is 0 Å². The first-order valence-electron chi connectivity index (χ1n) is 34.8. The second kappa shape index (κ2) is 20.7. The first-order valence-corrected chi connectivity index (χ1v) is 34.8. The van der Waals surface area contributed by atoms with Crippen LogP contribution in [-0.2, 0) is 32.5 Å². The molecule has 0 radical (unpaired) electrons. The summed E-state index contributed by atoms with van der Waals surface area (Å²) in [6.07, 6.45) is 4.70. The Hall–Kier alpha value is -9.12. The van der Waals surface area contributed by atoms with Crippen molar-refractivity contribution in [1.82, 2.24) is 0 Å². The van der Waals surface area contributed by atoms with E-state index in [1.54, 1.807) is 0 Å². The van der Waals surface area contributed by atoms with Crippen LogP contribution in [0.25, 0.3) is 66.4 Å². The molecule has 6 heterocycles. The molecule has 0 saturated heterocycles. The van der Waals surface area contributed by atoms with Crippen LogP contribution in [-0.4, -0.2) is 26.2 Å². The number of hydrogen-bond acceptors (Lipinski definition) is 4. The third-order valence-corrected chi connectivity index (χ3v) is 23.8. The lowest BCUT2D eigenvalue weighted by Gasteiger charge is -2.50. The summed E-state index contributed by atoms with van der Waals surface area (Å²) >= 11 is 0. The average Bonchev–Trinajstić information content (AvgIpc) is 0.700. The van der Waals surface area contributed by atoms with Gasteiger partial charge in [-0.25, -0.2) is 0 Å². The van der Waals surface area contributed by atoms with Gasteiger partial charge in [0.25, 0.3) is 0 Å². The van der Waals surface area contributed by atoms with Crippen LogP contribution in [0.2, 0.25) is 0 Å². The molecular formula is C90H88N4. The highest BCUT2D eigenvalue weighted by molar-refractivity contribution is 5.98. The SMILES string of the molecule is CC1(C)CCN2CCC(C)(C)c3cc(-c4ccc(N(c5ccc(-c6cc7c8c(c6)C(C)(C)CCN8CCC7(C)C)cc5)c5ccc6cc(-c7cc8c9c(c7)C(C)(C)c7cc(-c%10ccccc%10)ccc7N9c7ccc(-c9ccccc9)cc7C8(C)C)ccc6c5)cc4)cc1c32. The van der Waals surface area contributed by atoms with Crippen LogP contribution < -0.4 is 19.6 Å². The largest absolute Gasteiger partial charge is 0.371 e. The van der Waals surface area contributed by atoms with Crippen molar-refractivity contribution >= 4 is 56.3 Å². The van der Waals surface area contributed by atoms with Crippen LogP contribution in [0.1, 0.15) is 153 Å². The van der Waals surface area contributed by atoms with Gasteiger partial charge in [0, 0.05) is 65.4 Å². The van der Waals surface area contributed by atoms with Crippen molar-refractivity contribution in [3.8, 4) is 55.6 Å². The first-order chi connectivity index (χ1) is 45.0. The maximum Gasteiger partial charge on any atom is 0.0544 e. The molecule has 0 aliphatic carbocycles. The number of nitrogens with zero attached hydrogens (tertiary/aromatic N) is 4. The van der Waals surface area contributed by atoms with Gasteiger partial charge in [0.15, 0.2) is 0 Å². The number of fused-ring (bicyclic) bond motifs is 5. The lowest BCUT2D eigenvalue weighted by atomic mass is 9.65. The average molecular weight is 1230 g/mol. The molecule has 0 fully saturated rings. The minimum absolute atomic E-state index is 0.111. The third kappa shape index (κ3) is 9.12. The van der Waals surface area contributed by atoms with E-state index in [4.69, 9.17) is 0 Å². The Kier molecular flexibility index (Phi) is 12.9. The third-order valence-electron chi connectivity index (χ3n) is 23.8. The molecule has 0 N–H and O–H groups in total. The molecule has 11 aromatic rings. The standard InChI is InChI=1S/C90H88N4/c1-85(2)39-43-91-44-40-86(3,4)75-52-66(51-74(85)82(75)91)59-25-32-69(33-26-59)93(70-34-27-60(28-35-70)67-53-76-83-77(54-67)88(7,8)42-46-92(83)45-41-87(76,5)6)71-36-29-61-47-62(23-24-63(61)48-71)68-55-78-84-79(56-68)90(11,12)73-50-65(58-21-17-14-18-22-58)31-38-81(73)94(84)80-37-30-64(49-72(80)89(78,9)10)57-19-15-13-16-20-57/h13-38,47-56H,39-46H2,1-12H3. The van der Waals surface area contributed by atoms with Crippen LogP contribution in [0.4, 0.5) is 45.5 Å². The van der Waals surface area contributed by atoms with E-state index >= 15 is 0 Å². The van der Waals surface area contributed by atoms with E-state index in [1.165, 1.54) is 165 Å². The fourth-order valence-corrected chi connectivity index (χ4v) is 17.6. The van der Waals surface area contributed by atoms with Crippen molar-refractivity contribution < 1.29 is 0 Å². The molecular weight excluding hydrogens is 1140 g/mol. The molecule has 17 rings (SSSR count). The second-order valence-corrected chi connectivity index (χ2v) is 32.2. The monoisotopic (exact) mass is 1220 g/mol. The number of rotatable bonds is 8. The molecule has 0 unspecified atom stereocenters. The van der Waals surface area contributed by atoms with E-state index in [1.807, 2.05) is 0 Å². The van der Waals surface area contributed by atoms with Crippen molar-refractivity contribution in [3.63, 3.8) is 0 Å². The molecule has 6 aliphatic heterocycles. The Morgan fingerprint density at radius 3 is 0.979 bits per heavy atom. The molecule has 468 valence electrons. The summed E-state index contributed by atoms with van der Waals surface area (Å²) in [4.78, 5) is 10.4. The van der Waals surface area contributed by atoms with Gasteiger partial charge < -0.3 is 19.6 Å². The summed E-state index contributed by atoms with van der Waals surface area (Å²) < 4.78 is 0. The summed E-state index contributed by atoms with van der Waals surface area (Å²) in [6.45, 7) is 34.0. The van der Waals surface area contributed by atoms with Gasteiger partial charge in [-0.1, -0.05) is 198 Å². The normalized spacial score (nSPS) is 18.3. The zero-order valence-electron chi connectivity index (χ0n) is 57.2. The topological polar surface area (TPSA) is 13.0 Å². The predicted octanol–water partition coefficient (Wildman–Crippen LogP) is 23.7. The molecule has 0 bridgehead atoms. The number of benzene rings is 11. The minimum Gasteiger partial charge on any atom is -0.371 e. The van der Waals surface area contributed by atoms with Crippen LogP contribution in [0.15, 0.2) is 218 Å². The molecule has 6 aliphatic rings. The summed E-state index contributed by atoms with van der Waals surface area (Å²) in [6, 6.07) is 84.6. The van der Waals surface area contributed by atoms with Crippen molar-refractivity contribution in [2.75, 3.05) is 45.8 Å². The Morgan fingerprint density at radius 2 is 0.564 bits per heavy atom. The van der Waals surface area contributed by atoms with Crippen molar-refractivity contribution in [1.29, 1.82) is 0 Å². The molecule has 0 atom stereocenters. The molecule has 0 saturated carbocycles. The van der Waals surface area contributed by atoms with E-state index in [0.29, 0.717) is 0 Å². The van der Waals surface area contributed by atoms with Gasteiger partial charge in [-0.15, -0.1) is 0 Å².